The van der Waals surface area contributed by atoms with Crippen LogP contribution in [0, 0.1) is 25.2 Å². The molecule has 0 saturated carbocycles. The first-order valence-electron chi connectivity index (χ1n) is 3.40. The molecule has 1 rings (SSSR count). The van der Waals surface area contributed by atoms with Crippen molar-refractivity contribution < 1.29 is 0 Å². The maximum Gasteiger partial charge on any atom is 0.141 e. The molecule has 0 atom stereocenters. The molecule has 0 aliphatic heterocycles. The third-order valence-corrected chi connectivity index (χ3v) is 2.85. The molecule has 3 nitrogen and oxygen atoms in total. The van der Waals surface area contributed by atoms with E-state index < -0.39 is 0 Å². The first-order valence-corrected chi connectivity index (χ1v) is 4.19. The van der Waals surface area contributed by atoms with Crippen molar-refractivity contribution in [1.29, 1.82) is 5.26 Å². The number of anilines is 1. The fraction of sp³-hybridized carbons (Fsp3) is 0.250. The molecule has 1 aromatic heterocycles. The zero-order valence-corrected chi connectivity index (χ0v) is 8.44. The number of nitrogens with two attached hydrogens (primary N) is 1. The summed E-state index contributed by atoms with van der Waals surface area (Å²) >= 11 is 3.34. The van der Waals surface area contributed by atoms with Crippen molar-refractivity contribution in [2.24, 2.45) is 0 Å². The van der Waals surface area contributed by atoms with E-state index in [1.807, 2.05) is 19.9 Å². The van der Waals surface area contributed by atoms with Gasteiger partial charge in [0.05, 0.1) is 11.3 Å². The van der Waals surface area contributed by atoms with Crippen LogP contribution < -0.4 is 5.73 Å². The van der Waals surface area contributed by atoms with Gasteiger partial charge in [-0.15, -0.1) is 0 Å². The standard InChI is InChI=1S/C8H8BrN3/c1-4-6(3-10)8(11)12-5(2)7(4)9/h1-2H3,(H2,11,12). The number of hydrogen-bond donors (Lipinski definition) is 1. The van der Waals surface area contributed by atoms with Gasteiger partial charge in [0, 0.05) is 4.47 Å². The molecule has 2 N–H and O–H groups in total. The molecule has 0 radical (unpaired) electrons. The monoisotopic (exact) mass is 225 g/mol. The number of nitrogens with zero attached hydrogens (tertiary/aromatic N) is 2. The van der Waals surface area contributed by atoms with Crippen molar-refractivity contribution >= 4 is 21.7 Å². The summed E-state index contributed by atoms with van der Waals surface area (Å²) in [6, 6.07) is 2.01. The second kappa shape index (κ2) is 3.11. The summed E-state index contributed by atoms with van der Waals surface area (Å²) in [6.45, 7) is 3.68. The first-order chi connectivity index (χ1) is 5.57. The predicted octanol–water partition coefficient (Wildman–Crippen LogP) is 1.91. The van der Waals surface area contributed by atoms with Gasteiger partial charge in [0.1, 0.15) is 11.9 Å². The van der Waals surface area contributed by atoms with E-state index in [9.17, 15) is 0 Å². The number of halogens is 1. The van der Waals surface area contributed by atoms with Crippen LogP contribution in [-0.2, 0) is 0 Å². The number of nitriles is 1. The quantitative estimate of drug-likeness (QED) is 0.734. The number of pyridine rings is 1. The van der Waals surface area contributed by atoms with Gasteiger partial charge in [0.2, 0.25) is 0 Å². The lowest BCUT2D eigenvalue weighted by atomic mass is 10.1. The minimum atomic E-state index is 0.302. The first kappa shape index (κ1) is 9.01. The molecule has 1 heterocycles. The number of aromatic nitrogens is 1. The smallest absolute Gasteiger partial charge is 0.141 e. The molecule has 1 aromatic rings. The molecule has 0 amide bonds. The normalized spacial score (nSPS) is 9.50. The minimum Gasteiger partial charge on any atom is -0.383 e. The molecule has 4 heteroatoms. The SMILES string of the molecule is Cc1nc(N)c(C#N)c(C)c1Br. The maximum absolute atomic E-state index is 8.72. The molecule has 62 valence electrons. The topological polar surface area (TPSA) is 62.7 Å². The average molecular weight is 226 g/mol. The average Bonchev–Trinajstić information content (AvgIpc) is 2.01. The largest absolute Gasteiger partial charge is 0.383 e. The number of nitrogen functional groups attached to an aromatic ring is 1. The van der Waals surface area contributed by atoms with Gasteiger partial charge in [0.25, 0.3) is 0 Å². The Balaban J connectivity index is 3.54. The van der Waals surface area contributed by atoms with Crippen LogP contribution in [0.4, 0.5) is 5.82 Å². The summed E-state index contributed by atoms with van der Waals surface area (Å²) in [5, 5.41) is 8.72. The Labute approximate surface area is 79.3 Å². The molecular formula is C8H8BrN3. The van der Waals surface area contributed by atoms with Gasteiger partial charge in [-0.05, 0) is 35.3 Å². The Morgan fingerprint density at radius 1 is 1.50 bits per heavy atom. The molecule has 12 heavy (non-hydrogen) atoms. The van der Waals surface area contributed by atoms with E-state index in [2.05, 4.69) is 20.9 Å². The van der Waals surface area contributed by atoms with E-state index in [1.165, 1.54) is 0 Å². The zero-order valence-electron chi connectivity index (χ0n) is 6.85. The van der Waals surface area contributed by atoms with E-state index in [-0.39, 0.29) is 0 Å². The highest BCUT2D eigenvalue weighted by Crippen LogP contribution is 2.25. The van der Waals surface area contributed by atoms with E-state index >= 15 is 0 Å². The fourth-order valence-corrected chi connectivity index (χ4v) is 1.29. The summed E-state index contributed by atoms with van der Waals surface area (Å²) < 4.78 is 0.855. The number of rotatable bonds is 0. The van der Waals surface area contributed by atoms with E-state index in [0.717, 1.165) is 15.7 Å². The summed E-state index contributed by atoms with van der Waals surface area (Å²) in [7, 11) is 0. The molecule has 0 spiro atoms. The van der Waals surface area contributed by atoms with Crippen LogP contribution in [0.3, 0.4) is 0 Å². The Bertz CT molecular complexity index is 366. The van der Waals surface area contributed by atoms with Crippen LogP contribution in [0.5, 0.6) is 0 Å². The highest BCUT2D eigenvalue weighted by molar-refractivity contribution is 9.10. The van der Waals surface area contributed by atoms with Gasteiger partial charge in [-0.3, -0.25) is 0 Å². The van der Waals surface area contributed by atoms with Gasteiger partial charge in [0.15, 0.2) is 0 Å². The van der Waals surface area contributed by atoms with Gasteiger partial charge in [-0.25, -0.2) is 4.98 Å². The lowest BCUT2D eigenvalue weighted by molar-refractivity contribution is 1.15. The van der Waals surface area contributed by atoms with Crippen molar-refractivity contribution in [2.75, 3.05) is 5.73 Å². The van der Waals surface area contributed by atoms with Gasteiger partial charge in [-0.2, -0.15) is 5.26 Å². The Morgan fingerprint density at radius 3 is 2.58 bits per heavy atom. The van der Waals surface area contributed by atoms with E-state index in [1.54, 1.807) is 0 Å². The highest BCUT2D eigenvalue weighted by Gasteiger charge is 2.09. The van der Waals surface area contributed by atoms with E-state index in [4.69, 9.17) is 11.0 Å². The number of hydrogen-bond acceptors (Lipinski definition) is 3. The zero-order chi connectivity index (χ0) is 9.30. The Morgan fingerprint density at radius 2 is 2.08 bits per heavy atom. The van der Waals surface area contributed by atoms with Crippen molar-refractivity contribution in [1.82, 2.24) is 4.98 Å². The fourth-order valence-electron chi connectivity index (χ4n) is 1.000. The molecule has 0 saturated heterocycles. The summed E-state index contributed by atoms with van der Waals surface area (Å²) in [5.74, 6) is 0.302. The Kier molecular flexibility index (Phi) is 2.34. The predicted molar refractivity (Wildman–Crippen MR) is 50.5 cm³/mol. The number of aryl methyl sites for hydroxylation is 1. The van der Waals surface area contributed by atoms with Crippen LogP contribution in [0.1, 0.15) is 16.8 Å². The molecule has 0 aliphatic rings. The molecule has 0 aromatic carbocycles. The molecule has 0 fully saturated rings. The lowest BCUT2D eigenvalue weighted by Crippen LogP contribution is -2.00. The second-order valence-corrected chi connectivity index (χ2v) is 3.30. The molecule has 0 unspecified atom stereocenters. The molecular weight excluding hydrogens is 218 g/mol. The van der Waals surface area contributed by atoms with Gasteiger partial charge < -0.3 is 5.73 Å². The lowest BCUT2D eigenvalue weighted by Gasteiger charge is -2.05. The van der Waals surface area contributed by atoms with Gasteiger partial charge in [-0.1, -0.05) is 0 Å². The van der Waals surface area contributed by atoms with Crippen LogP contribution in [-0.4, -0.2) is 4.98 Å². The van der Waals surface area contributed by atoms with E-state index in [0.29, 0.717) is 11.4 Å². The second-order valence-electron chi connectivity index (χ2n) is 2.51. The summed E-state index contributed by atoms with van der Waals surface area (Å²) in [6.07, 6.45) is 0. The van der Waals surface area contributed by atoms with Crippen molar-refractivity contribution in [2.45, 2.75) is 13.8 Å². The van der Waals surface area contributed by atoms with Crippen molar-refractivity contribution in [3.05, 3.63) is 21.3 Å². The van der Waals surface area contributed by atoms with Crippen molar-refractivity contribution in [3.8, 4) is 6.07 Å². The third kappa shape index (κ3) is 1.28. The van der Waals surface area contributed by atoms with Crippen molar-refractivity contribution in [3.63, 3.8) is 0 Å². The van der Waals surface area contributed by atoms with Gasteiger partial charge >= 0.3 is 0 Å². The molecule has 0 aliphatic carbocycles. The summed E-state index contributed by atoms with van der Waals surface area (Å²) in [4.78, 5) is 4.01. The third-order valence-electron chi connectivity index (χ3n) is 1.68. The Hall–Kier alpha value is -1.08. The van der Waals surface area contributed by atoms with Crippen LogP contribution >= 0.6 is 15.9 Å². The minimum absolute atomic E-state index is 0.302. The maximum atomic E-state index is 8.72. The van der Waals surface area contributed by atoms with Crippen LogP contribution in [0.2, 0.25) is 0 Å². The van der Waals surface area contributed by atoms with Crippen LogP contribution in [0.25, 0.3) is 0 Å². The summed E-state index contributed by atoms with van der Waals surface area (Å²) in [5.41, 5.74) is 7.66. The van der Waals surface area contributed by atoms with Crippen LogP contribution in [0.15, 0.2) is 4.47 Å². The molecule has 0 bridgehead atoms. The highest BCUT2D eigenvalue weighted by atomic mass is 79.9.